The van der Waals surface area contributed by atoms with E-state index in [0.717, 1.165) is 14.9 Å². The van der Waals surface area contributed by atoms with Crippen LogP contribution in [-0.2, 0) is 0 Å². The van der Waals surface area contributed by atoms with Crippen molar-refractivity contribution in [2.24, 2.45) is 5.10 Å². The number of carbonyl (C=O) groups is 1. The third-order valence-corrected chi connectivity index (χ3v) is 3.77. The van der Waals surface area contributed by atoms with Crippen LogP contribution in [0.4, 0.5) is 0 Å². The lowest BCUT2D eigenvalue weighted by Crippen LogP contribution is -2.17. The highest BCUT2D eigenvalue weighted by molar-refractivity contribution is 14.1. The van der Waals surface area contributed by atoms with Crippen molar-refractivity contribution in [1.29, 1.82) is 0 Å². The van der Waals surface area contributed by atoms with Crippen molar-refractivity contribution in [2.45, 2.75) is 0 Å². The molecule has 0 aliphatic rings. The summed E-state index contributed by atoms with van der Waals surface area (Å²) in [6, 6.07) is 12.6. The Bertz CT molecular complexity index is 702. The van der Waals surface area contributed by atoms with Crippen LogP contribution in [0.5, 0.6) is 11.5 Å². The van der Waals surface area contributed by atoms with Crippen molar-refractivity contribution >= 4 is 34.7 Å². The molecule has 1 amide bonds. The van der Waals surface area contributed by atoms with Gasteiger partial charge in [-0.3, -0.25) is 4.79 Å². The zero-order valence-electron chi connectivity index (χ0n) is 12.2. The van der Waals surface area contributed by atoms with E-state index in [1.807, 2.05) is 24.3 Å². The first kappa shape index (κ1) is 16.3. The van der Waals surface area contributed by atoms with Gasteiger partial charge >= 0.3 is 0 Å². The van der Waals surface area contributed by atoms with Crippen LogP contribution in [0.25, 0.3) is 0 Å². The lowest BCUT2D eigenvalue weighted by atomic mass is 10.2. The van der Waals surface area contributed by atoms with Gasteiger partial charge in [0.15, 0.2) is 0 Å². The van der Waals surface area contributed by atoms with Gasteiger partial charge in [0.05, 0.1) is 24.0 Å². The number of nitrogens with one attached hydrogen (secondary N) is 1. The molecule has 0 unspecified atom stereocenters. The number of hydrogen-bond acceptors (Lipinski definition) is 4. The van der Waals surface area contributed by atoms with Gasteiger partial charge in [0.25, 0.3) is 5.91 Å². The molecule has 0 bridgehead atoms. The molecule has 6 heteroatoms. The summed E-state index contributed by atoms with van der Waals surface area (Å²) in [7, 11) is 3.18. The van der Waals surface area contributed by atoms with Crippen LogP contribution < -0.4 is 14.9 Å². The predicted octanol–water partition coefficient (Wildman–Crippen LogP) is 3.07. The molecule has 0 aliphatic carbocycles. The van der Waals surface area contributed by atoms with Crippen LogP contribution in [0.15, 0.2) is 47.6 Å². The van der Waals surface area contributed by atoms with E-state index in [1.54, 1.807) is 38.6 Å². The Morgan fingerprint density at radius 1 is 1.14 bits per heavy atom. The Labute approximate surface area is 142 Å². The largest absolute Gasteiger partial charge is 0.496 e. The number of nitrogens with zero attached hydrogens (tertiary/aromatic N) is 1. The molecule has 2 aromatic rings. The quantitative estimate of drug-likeness (QED) is 0.468. The summed E-state index contributed by atoms with van der Waals surface area (Å²) >= 11 is 2.12. The maximum atomic E-state index is 12.0. The molecule has 0 saturated heterocycles. The summed E-state index contributed by atoms with van der Waals surface area (Å²) in [6.07, 6.45) is 1.55. The molecule has 0 spiro atoms. The number of benzene rings is 2. The molecular formula is C16H15IN2O3. The van der Waals surface area contributed by atoms with Crippen molar-refractivity contribution in [3.63, 3.8) is 0 Å². The number of rotatable bonds is 5. The molecule has 114 valence electrons. The maximum absolute atomic E-state index is 12.0. The fourth-order valence-electron chi connectivity index (χ4n) is 1.81. The highest BCUT2D eigenvalue weighted by Crippen LogP contribution is 2.21. The van der Waals surface area contributed by atoms with Crippen molar-refractivity contribution < 1.29 is 14.3 Å². The van der Waals surface area contributed by atoms with E-state index < -0.39 is 0 Å². The minimum absolute atomic E-state index is 0.285. The summed E-state index contributed by atoms with van der Waals surface area (Å²) < 4.78 is 11.2. The molecule has 22 heavy (non-hydrogen) atoms. The van der Waals surface area contributed by atoms with E-state index in [4.69, 9.17) is 9.47 Å². The van der Waals surface area contributed by atoms with Gasteiger partial charge in [0.2, 0.25) is 0 Å². The summed E-state index contributed by atoms with van der Waals surface area (Å²) in [5.41, 5.74) is 3.80. The summed E-state index contributed by atoms with van der Waals surface area (Å²) in [6.45, 7) is 0. The number of ether oxygens (including phenoxy) is 2. The average molecular weight is 410 g/mol. The molecule has 0 radical (unpaired) electrons. The minimum Gasteiger partial charge on any atom is -0.496 e. The highest BCUT2D eigenvalue weighted by atomic mass is 127. The molecule has 0 aliphatic heterocycles. The molecule has 5 nitrogen and oxygen atoms in total. The van der Waals surface area contributed by atoms with Gasteiger partial charge in [-0.05, 0) is 52.9 Å². The van der Waals surface area contributed by atoms with E-state index in [1.165, 1.54) is 0 Å². The van der Waals surface area contributed by atoms with Crippen LogP contribution >= 0.6 is 22.6 Å². The average Bonchev–Trinajstić information content (AvgIpc) is 2.55. The van der Waals surface area contributed by atoms with Gasteiger partial charge in [-0.2, -0.15) is 5.10 Å². The zero-order chi connectivity index (χ0) is 15.9. The van der Waals surface area contributed by atoms with Crippen molar-refractivity contribution in [3.05, 3.63) is 57.2 Å². The number of halogens is 1. The molecule has 0 aromatic heterocycles. The first-order valence-corrected chi connectivity index (χ1v) is 7.53. The molecule has 0 heterocycles. The lowest BCUT2D eigenvalue weighted by Gasteiger charge is -2.05. The van der Waals surface area contributed by atoms with Crippen LogP contribution in [0.1, 0.15) is 15.9 Å². The summed E-state index contributed by atoms with van der Waals surface area (Å²) in [5.74, 6) is 1.14. The molecule has 0 atom stereocenters. The third-order valence-electron chi connectivity index (χ3n) is 2.92. The van der Waals surface area contributed by atoms with Gasteiger partial charge in [-0.25, -0.2) is 5.43 Å². The van der Waals surface area contributed by atoms with Gasteiger partial charge in [0, 0.05) is 11.1 Å². The standard InChI is InChI=1S/C16H15IN2O3/c1-21-14-6-4-3-5-12(14)10-18-19-16(20)11-7-8-15(22-2)13(17)9-11/h3-10H,1-2H3,(H,19,20)/b18-10+. The monoisotopic (exact) mass is 410 g/mol. The summed E-state index contributed by atoms with van der Waals surface area (Å²) in [5, 5.41) is 3.96. The van der Waals surface area contributed by atoms with E-state index in [2.05, 4.69) is 33.1 Å². The Kier molecular flexibility index (Phi) is 5.76. The van der Waals surface area contributed by atoms with Gasteiger partial charge in [-0.1, -0.05) is 12.1 Å². The molecule has 0 fully saturated rings. The number of hydrogen-bond donors (Lipinski definition) is 1. The van der Waals surface area contributed by atoms with Crippen LogP contribution in [-0.4, -0.2) is 26.3 Å². The van der Waals surface area contributed by atoms with Crippen LogP contribution in [0, 0.1) is 3.57 Å². The Morgan fingerprint density at radius 3 is 2.55 bits per heavy atom. The molecule has 2 rings (SSSR count). The Balaban J connectivity index is 2.06. The van der Waals surface area contributed by atoms with E-state index in [-0.39, 0.29) is 5.91 Å². The lowest BCUT2D eigenvalue weighted by molar-refractivity contribution is 0.0955. The normalized spacial score (nSPS) is 10.5. The van der Waals surface area contributed by atoms with Gasteiger partial charge < -0.3 is 9.47 Å². The van der Waals surface area contributed by atoms with Crippen molar-refractivity contribution in [2.75, 3.05) is 14.2 Å². The molecular weight excluding hydrogens is 395 g/mol. The zero-order valence-corrected chi connectivity index (χ0v) is 14.3. The van der Waals surface area contributed by atoms with Crippen molar-refractivity contribution in [3.8, 4) is 11.5 Å². The number of carbonyl (C=O) groups excluding carboxylic acids is 1. The fraction of sp³-hybridized carbons (Fsp3) is 0.125. The predicted molar refractivity (Wildman–Crippen MR) is 93.8 cm³/mol. The minimum atomic E-state index is -0.285. The van der Waals surface area contributed by atoms with Crippen LogP contribution in [0.3, 0.4) is 0 Å². The molecule has 2 aromatic carbocycles. The van der Waals surface area contributed by atoms with E-state index in [9.17, 15) is 4.79 Å². The Morgan fingerprint density at radius 2 is 1.86 bits per heavy atom. The van der Waals surface area contributed by atoms with Gasteiger partial charge in [-0.15, -0.1) is 0 Å². The van der Waals surface area contributed by atoms with Gasteiger partial charge in [0.1, 0.15) is 11.5 Å². The smallest absolute Gasteiger partial charge is 0.271 e. The van der Waals surface area contributed by atoms with Crippen LogP contribution in [0.2, 0.25) is 0 Å². The number of hydrazone groups is 1. The number of para-hydroxylation sites is 1. The van der Waals surface area contributed by atoms with E-state index in [0.29, 0.717) is 11.3 Å². The van der Waals surface area contributed by atoms with Crippen molar-refractivity contribution in [1.82, 2.24) is 5.43 Å². The number of methoxy groups -OCH3 is 2. The Hall–Kier alpha value is -2.09. The maximum Gasteiger partial charge on any atom is 0.271 e. The highest BCUT2D eigenvalue weighted by Gasteiger charge is 2.08. The topological polar surface area (TPSA) is 59.9 Å². The molecule has 0 saturated carbocycles. The second-order valence-electron chi connectivity index (χ2n) is 4.29. The molecule has 1 N–H and O–H groups in total. The van der Waals surface area contributed by atoms with E-state index >= 15 is 0 Å². The second kappa shape index (κ2) is 7.79. The second-order valence-corrected chi connectivity index (χ2v) is 5.45. The first-order valence-electron chi connectivity index (χ1n) is 6.45. The third kappa shape index (κ3) is 3.97. The first-order chi connectivity index (χ1) is 10.7. The summed E-state index contributed by atoms with van der Waals surface area (Å²) in [4.78, 5) is 12.0. The fourth-order valence-corrected chi connectivity index (χ4v) is 2.54. The SMILES string of the molecule is COc1ccc(C(=O)N/N=C/c2ccccc2OC)cc1I. The number of amides is 1.